The number of rotatable bonds is 5. The van der Waals surface area contributed by atoms with Crippen LogP contribution in [0.2, 0.25) is 0 Å². The lowest BCUT2D eigenvalue weighted by atomic mass is 10.1. The number of nitrogens with zero attached hydrogens (tertiary/aromatic N) is 4. The third-order valence-corrected chi connectivity index (χ3v) is 5.09. The first kappa shape index (κ1) is 19.0. The van der Waals surface area contributed by atoms with Crippen molar-refractivity contribution in [1.29, 1.82) is 0 Å². The number of aryl methyl sites for hydroxylation is 1. The van der Waals surface area contributed by atoms with Crippen molar-refractivity contribution in [2.45, 2.75) is 31.9 Å². The summed E-state index contributed by atoms with van der Waals surface area (Å²) in [4.78, 5) is 35.2. The molecule has 2 amide bonds. The fourth-order valence-electron chi connectivity index (χ4n) is 3.68. The number of para-hydroxylation sites is 1. The summed E-state index contributed by atoms with van der Waals surface area (Å²) in [5.74, 6) is -0.0910. The number of fused-ring (bicyclic) bond motifs is 1. The minimum absolute atomic E-state index is 0.163. The number of aliphatic hydroxyl groups is 1. The van der Waals surface area contributed by atoms with Gasteiger partial charge in [0.05, 0.1) is 23.7 Å². The highest BCUT2D eigenvalue weighted by Gasteiger charge is 2.36. The summed E-state index contributed by atoms with van der Waals surface area (Å²) in [7, 11) is 0. The molecule has 29 heavy (non-hydrogen) atoms. The van der Waals surface area contributed by atoms with Gasteiger partial charge in [-0.25, -0.2) is 0 Å². The van der Waals surface area contributed by atoms with Gasteiger partial charge in [0, 0.05) is 25.1 Å². The van der Waals surface area contributed by atoms with E-state index >= 15 is 0 Å². The molecular formula is C20H21N5O4. The van der Waals surface area contributed by atoms with Crippen LogP contribution in [0.15, 0.2) is 41.1 Å². The van der Waals surface area contributed by atoms with Crippen LogP contribution >= 0.6 is 0 Å². The van der Waals surface area contributed by atoms with Crippen molar-refractivity contribution >= 4 is 22.7 Å². The smallest absolute Gasteiger partial charge is 0.252 e. The molecular weight excluding hydrogens is 374 g/mol. The Balaban J connectivity index is 1.43. The molecule has 1 aliphatic heterocycles. The number of carbonyl (C=O) groups excluding carboxylic acids is 2. The van der Waals surface area contributed by atoms with Gasteiger partial charge >= 0.3 is 0 Å². The van der Waals surface area contributed by atoms with Crippen molar-refractivity contribution in [3.63, 3.8) is 0 Å². The lowest BCUT2D eigenvalue weighted by molar-refractivity contribution is -0.133. The first-order valence-electron chi connectivity index (χ1n) is 9.44. The Morgan fingerprint density at radius 1 is 1.34 bits per heavy atom. The van der Waals surface area contributed by atoms with Crippen molar-refractivity contribution in [2.24, 2.45) is 0 Å². The highest BCUT2D eigenvalue weighted by atomic mass is 16.5. The van der Waals surface area contributed by atoms with Gasteiger partial charge in [0.2, 0.25) is 17.6 Å². The maximum absolute atomic E-state index is 12.7. The molecule has 1 aliphatic rings. The third kappa shape index (κ3) is 3.81. The predicted octanol–water partition coefficient (Wildman–Crippen LogP) is 1.38. The van der Waals surface area contributed by atoms with E-state index in [4.69, 9.17) is 4.52 Å². The van der Waals surface area contributed by atoms with E-state index in [9.17, 15) is 14.7 Å². The summed E-state index contributed by atoms with van der Waals surface area (Å²) >= 11 is 0. The van der Waals surface area contributed by atoms with Gasteiger partial charge in [0.1, 0.15) is 6.10 Å². The number of hydrogen-bond acceptors (Lipinski definition) is 7. The van der Waals surface area contributed by atoms with Gasteiger partial charge in [-0.05, 0) is 25.0 Å². The molecule has 0 radical (unpaired) electrons. The van der Waals surface area contributed by atoms with Gasteiger partial charge in [-0.2, -0.15) is 4.98 Å². The molecule has 1 aromatic carbocycles. The highest BCUT2D eigenvalue weighted by Crippen LogP contribution is 2.28. The van der Waals surface area contributed by atoms with Crippen molar-refractivity contribution in [3.8, 4) is 0 Å². The van der Waals surface area contributed by atoms with Gasteiger partial charge in [0.15, 0.2) is 0 Å². The van der Waals surface area contributed by atoms with Crippen LogP contribution in [-0.4, -0.2) is 56.1 Å². The molecule has 0 aliphatic carbocycles. The minimum Gasteiger partial charge on any atom is -0.383 e. The molecule has 0 bridgehead atoms. The predicted molar refractivity (Wildman–Crippen MR) is 103 cm³/mol. The fourth-order valence-corrected chi connectivity index (χ4v) is 3.68. The molecule has 2 aromatic heterocycles. The maximum Gasteiger partial charge on any atom is 0.252 e. The van der Waals surface area contributed by atoms with Gasteiger partial charge in [-0.15, -0.1) is 0 Å². The fraction of sp³-hybridized carbons (Fsp3) is 0.350. The highest BCUT2D eigenvalue weighted by molar-refractivity contribution is 6.06. The molecule has 9 heteroatoms. The van der Waals surface area contributed by atoms with E-state index in [1.54, 1.807) is 24.1 Å². The van der Waals surface area contributed by atoms with Crippen molar-refractivity contribution in [2.75, 3.05) is 13.1 Å². The molecule has 2 atom stereocenters. The van der Waals surface area contributed by atoms with Crippen molar-refractivity contribution < 1.29 is 19.2 Å². The molecule has 3 heterocycles. The van der Waals surface area contributed by atoms with Gasteiger partial charge in [-0.3, -0.25) is 14.6 Å². The van der Waals surface area contributed by atoms with Crippen LogP contribution in [0.1, 0.15) is 41.0 Å². The van der Waals surface area contributed by atoms with Crippen LogP contribution < -0.4 is 5.32 Å². The zero-order valence-corrected chi connectivity index (χ0v) is 15.9. The minimum atomic E-state index is -1.03. The second-order valence-corrected chi connectivity index (χ2v) is 6.97. The Kier molecular flexibility index (Phi) is 5.22. The third-order valence-electron chi connectivity index (χ3n) is 5.09. The molecule has 2 N–H and O–H groups in total. The van der Waals surface area contributed by atoms with E-state index in [1.807, 2.05) is 24.3 Å². The number of amides is 2. The number of aromatic nitrogens is 3. The van der Waals surface area contributed by atoms with Gasteiger partial charge < -0.3 is 19.8 Å². The van der Waals surface area contributed by atoms with Crippen LogP contribution in [0.4, 0.5) is 0 Å². The Morgan fingerprint density at radius 2 is 2.17 bits per heavy atom. The quantitative estimate of drug-likeness (QED) is 0.669. The Bertz CT molecular complexity index is 1040. The van der Waals surface area contributed by atoms with E-state index in [0.717, 1.165) is 11.8 Å². The van der Waals surface area contributed by atoms with Crippen LogP contribution in [0.3, 0.4) is 0 Å². The van der Waals surface area contributed by atoms with Crippen molar-refractivity contribution in [3.05, 3.63) is 53.8 Å². The molecule has 150 valence electrons. The maximum atomic E-state index is 12.7. The number of aliphatic hydroxyl groups excluding tert-OH is 1. The summed E-state index contributed by atoms with van der Waals surface area (Å²) < 4.78 is 4.92. The van der Waals surface area contributed by atoms with Gasteiger partial charge in [0.25, 0.3) is 5.91 Å². The molecule has 0 spiro atoms. The molecule has 1 fully saturated rings. The summed E-state index contributed by atoms with van der Waals surface area (Å²) in [6.45, 7) is 1.98. The molecule has 1 unspecified atom stereocenters. The average Bonchev–Trinajstić information content (AvgIpc) is 3.40. The standard InChI is InChI=1S/C20H21N5O4/c1-12-23-19(24-29-12)18(27)16-7-4-10-25(16)17(26)11-22-20(28)14-8-9-21-15-6-3-2-5-13(14)15/h2-3,5-6,8-9,16,18,27H,4,7,10-11H2,1H3,(H,22,28)/t16-,18?/m0/s1. The molecule has 4 rings (SSSR count). The number of nitrogens with one attached hydrogen (secondary N) is 1. The van der Waals surface area contributed by atoms with Crippen molar-refractivity contribution in [1.82, 2.24) is 25.3 Å². The molecule has 1 saturated heterocycles. The van der Waals surface area contributed by atoms with Crippen LogP contribution in [-0.2, 0) is 4.79 Å². The monoisotopic (exact) mass is 395 g/mol. The molecule has 9 nitrogen and oxygen atoms in total. The average molecular weight is 395 g/mol. The van der Waals surface area contributed by atoms with Crippen LogP contribution in [0.25, 0.3) is 10.9 Å². The first-order valence-corrected chi connectivity index (χ1v) is 9.44. The van der Waals surface area contributed by atoms with E-state index in [2.05, 4.69) is 20.4 Å². The number of benzene rings is 1. The van der Waals surface area contributed by atoms with E-state index in [-0.39, 0.29) is 24.2 Å². The van der Waals surface area contributed by atoms with E-state index in [0.29, 0.717) is 29.9 Å². The molecule has 0 saturated carbocycles. The normalized spacial score (nSPS) is 17.4. The number of hydrogen-bond donors (Lipinski definition) is 2. The summed E-state index contributed by atoms with van der Waals surface area (Å²) in [5, 5.41) is 17.7. The summed E-state index contributed by atoms with van der Waals surface area (Å²) in [6, 6.07) is 8.51. The zero-order valence-electron chi connectivity index (χ0n) is 15.9. The lowest BCUT2D eigenvalue weighted by Gasteiger charge is -2.27. The zero-order chi connectivity index (χ0) is 20.4. The lowest BCUT2D eigenvalue weighted by Crippen LogP contribution is -2.44. The topological polar surface area (TPSA) is 121 Å². The second kappa shape index (κ2) is 7.96. The SMILES string of the molecule is Cc1nc(C(O)[C@@H]2CCCN2C(=O)CNC(=O)c2ccnc3ccccc23)no1. The number of carbonyl (C=O) groups is 2. The van der Waals surface area contributed by atoms with E-state index < -0.39 is 12.1 Å². The molecule has 3 aromatic rings. The summed E-state index contributed by atoms with van der Waals surface area (Å²) in [6.07, 6.45) is 1.92. The Labute approximate surface area is 166 Å². The first-order chi connectivity index (χ1) is 14.0. The number of pyridine rings is 1. The Morgan fingerprint density at radius 3 is 2.97 bits per heavy atom. The van der Waals surface area contributed by atoms with Crippen LogP contribution in [0.5, 0.6) is 0 Å². The largest absolute Gasteiger partial charge is 0.383 e. The second-order valence-electron chi connectivity index (χ2n) is 6.97. The van der Waals surface area contributed by atoms with Crippen LogP contribution in [0, 0.1) is 6.92 Å². The van der Waals surface area contributed by atoms with Gasteiger partial charge in [-0.1, -0.05) is 23.4 Å². The van der Waals surface area contributed by atoms with E-state index in [1.165, 1.54) is 0 Å². The summed E-state index contributed by atoms with van der Waals surface area (Å²) in [5.41, 5.74) is 1.17. The Hall–Kier alpha value is -3.33. The number of likely N-dealkylation sites (tertiary alicyclic amines) is 1.